The first kappa shape index (κ1) is 25.1. The molecule has 0 aliphatic carbocycles. The highest BCUT2D eigenvalue weighted by molar-refractivity contribution is 5.88. The molecule has 1 amide bonds. The van der Waals surface area contributed by atoms with E-state index in [1.807, 2.05) is 28.8 Å². The van der Waals surface area contributed by atoms with E-state index in [4.69, 9.17) is 0 Å². The highest BCUT2D eigenvalue weighted by Crippen LogP contribution is 2.25. The number of aromatic amines is 1. The van der Waals surface area contributed by atoms with Crippen LogP contribution < -0.4 is 10.6 Å². The average Bonchev–Trinajstić information content (AvgIpc) is 3.56. The zero-order valence-corrected chi connectivity index (χ0v) is 21.3. The number of fused-ring (bicyclic) bond motifs is 1. The van der Waals surface area contributed by atoms with Crippen molar-refractivity contribution in [3.63, 3.8) is 0 Å². The molecule has 9 heteroatoms. The number of anilines is 1. The van der Waals surface area contributed by atoms with Gasteiger partial charge in [-0.3, -0.25) is 9.36 Å². The summed E-state index contributed by atoms with van der Waals surface area (Å²) in [7, 11) is 0. The zero-order chi connectivity index (χ0) is 25.7. The highest BCUT2D eigenvalue weighted by Gasteiger charge is 2.31. The Hall–Kier alpha value is -3.53. The minimum absolute atomic E-state index is 0.0736. The standard InChI is InChI=1S/C28H35N7O2/c1-21(36)33-24-6-4-22(5-7-24)16-29-18-28(37)10-13-34(14-11-28)12-2-3-23-17-30-27-9-8-25(15-26(23)27)35-19-31-32-20-35/h4-9,15,17,19-20,29-30,37H,2-3,10-14,16,18H2,1H3,(H,33,36). The minimum Gasteiger partial charge on any atom is -0.388 e. The number of likely N-dealkylation sites (tertiary alicyclic amines) is 1. The van der Waals surface area contributed by atoms with Crippen LogP contribution in [0.5, 0.6) is 0 Å². The molecular weight excluding hydrogens is 466 g/mol. The first-order valence-electron chi connectivity index (χ1n) is 12.9. The summed E-state index contributed by atoms with van der Waals surface area (Å²) in [6.45, 7) is 5.63. The molecule has 1 aliphatic heterocycles. The van der Waals surface area contributed by atoms with Gasteiger partial charge in [0, 0.05) is 61.6 Å². The first-order valence-corrected chi connectivity index (χ1v) is 12.9. The third kappa shape index (κ3) is 6.43. The predicted molar refractivity (Wildman–Crippen MR) is 145 cm³/mol. The number of aryl methyl sites for hydroxylation is 1. The number of carbonyl (C=O) groups excluding carboxylic acids is 1. The number of carbonyl (C=O) groups is 1. The van der Waals surface area contributed by atoms with Crippen molar-refractivity contribution in [2.45, 2.75) is 44.8 Å². The van der Waals surface area contributed by atoms with E-state index >= 15 is 0 Å². The van der Waals surface area contributed by atoms with Crippen molar-refractivity contribution in [3.8, 4) is 5.69 Å². The number of nitrogens with one attached hydrogen (secondary N) is 3. The maximum absolute atomic E-state index is 11.2. The number of H-pyrrole nitrogens is 1. The Morgan fingerprint density at radius 3 is 2.59 bits per heavy atom. The highest BCUT2D eigenvalue weighted by atomic mass is 16.3. The van der Waals surface area contributed by atoms with Gasteiger partial charge in [0.05, 0.1) is 5.60 Å². The van der Waals surface area contributed by atoms with Crippen molar-refractivity contribution in [1.29, 1.82) is 0 Å². The summed E-state index contributed by atoms with van der Waals surface area (Å²) in [4.78, 5) is 17.0. The molecule has 0 atom stereocenters. The number of nitrogens with zero attached hydrogens (tertiary/aromatic N) is 4. The van der Waals surface area contributed by atoms with Crippen molar-refractivity contribution < 1.29 is 9.90 Å². The lowest BCUT2D eigenvalue weighted by Crippen LogP contribution is -2.49. The Bertz CT molecular complexity index is 1310. The monoisotopic (exact) mass is 501 g/mol. The van der Waals surface area contributed by atoms with Gasteiger partial charge in [0.1, 0.15) is 12.7 Å². The molecule has 194 valence electrons. The molecule has 5 rings (SSSR count). The molecule has 0 radical (unpaired) electrons. The van der Waals surface area contributed by atoms with Gasteiger partial charge >= 0.3 is 0 Å². The molecule has 1 saturated heterocycles. The number of amides is 1. The van der Waals surface area contributed by atoms with Crippen LogP contribution in [0.25, 0.3) is 16.6 Å². The maximum atomic E-state index is 11.2. The SMILES string of the molecule is CC(=O)Nc1ccc(CNCC2(O)CCN(CCCc3c[nH]c4ccc(-n5cnnc5)cc34)CC2)cc1. The van der Waals surface area contributed by atoms with Gasteiger partial charge in [0.2, 0.25) is 5.91 Å². The second kappa shape index (κ2) is 11.2. The van der Waals surface area contributed by atoms with Gasteiger partial charge in [-0.1, -0.05) is 12.1 Å². The lowest BCUT2D eigenvalue weighted by Gasteiger charge is -2.38. The summed E-state index contributed by atoms with van der Waals surface area (Å²) >= 11 is 0. The Labute approximate surface area is 216 Å². The van der Waals surface area contributed by atoms with Crippen molar-refractivity contribution in [2.75, 3.05) is 31.5 Å². The van der Waals surface area contributed by atoms with Gasteiger partial charge in [-0.05, 0) is 73.7 Å². The van der Waals surface area contributed by atoms with Crippen LogP contribution in [-0.4, -0.2) is 67.4 Å². The molecule has 0 unspecified atom stereocenters. The number of benzene rings is 2. The van der Waals surface area contributed by atoms with Gasteiger partial charge in [-0.25, -0.2) is 0 Å². The number of rotatable bonds is 10. The molecule has 0 bridgehead atoms. The van der Waals surface area contributed by atoms with Crippen molar-refractivity contribution in [2.24, 2.45) is 0 Å². The molecule has 3 heterocycles. The molecule has 9 nitrogen and oxygen atoms in total. The Balaban J connectivity index is 1.05. The summed E-state index contributed by atoms with van der Waals surface area (Å²) in [6, 6.07) is 14.2. The molecule has 4 aromatic rings. The topological polar surface area (TPSA) is 111 Å². The van der Waals surface area contributed by atoms with Gasteiger partial charge in [0.15, 0.2) is 0 Å². The predicted octanol–water partition coefficient (Wildman–Crippen LogP) is 3.26. The van der Waals surface area contributed by atoms with Crippen LogP contribution in [-0.2, 0) is 17.8 Å². The van der Waals surface area contributed by atoms with Crippen LogP contribution in [0.4, 0.5) is 5.69 Å². The fourth-order valence-corrected chi connectivity index (χ4v) is 5.08. The lowest BCUT2D eigenvalue weighted by atomic mass is 9.91. The van der Waals surface area contributed by atoms with Gasteiger partial charge in [-0.15, -0.1) is 10.2 Å². The molecule has 4 N–H and O–H groups in total. The summed E-state index contributed by atoms with van der Waals surface area (Å²) in [5, 5.41) is 26.3. The molecule has 0 spiro atoms. The molecule has 2 aromatic carbocycles. The normalized spacial score (nSPS) is 15.7. The Morgan fingerprint density at radius 1 is 1.11 bits per heavy atom. The summed E-state index contributed by atoms with van der Waals surface area (Å²) in [5.74, 6) is -0.0736. The second-order valence-electron chi connectivity index (χ2n) is 10.1. The lowest BCUT2D eigenvalue weighted by molar-refractivity contribution is -0.114. The van der Waals surface area contributed by atoms with E-state index in [-0.39, 0.29) is 5.91 Å². The van der Waals surface area contributed by atoms with Crippen molar-refractivity contribution in [1.82, 2.24) is 30.0 Å². The molecule has 0 saturated carbocycles. The van der Waals surface area contributed by atoms with E-state index in [1.165, 1.54) is 17.9 Å². The molecule has 1 aliphatic rings. The fraction of sp³-hybridized carbons (Fsp3) is 0.393. The van der Waals surface area contributed by atoms with E-state index in [9.17, 15) is 9.90 Å². The summed E-state index contributed by atoms with van der Waals surface area (Å²) < 4.78 is 1.92. The van der Waals surface area contributed by atoms with Crippen LogP contribution >= 0.6 is 0 Å². The number of piperidine rings is 1. The number of hydrogen-bond acceptors (Lipinski definition) is 6. The average molecular weight is 502 g/mol. The van der Waals surface area contributed by atoms with E-state index < -0.39 is 5.60 Å². The Morgan fingerprint density at radius 2 is 1.86 bits per heavy atom. The number of aromatic nitrogens is 4. The van der Waals surface area contributed by atoms with Gasteiger partial charge in [0.25, 0.3) is 0 Å². The third-order valence-electron chi connectivity index (χ3n) is 7.23. The summed E-state index contributed by atoms with van der Waals surface area (Å²) in [6.07, 6.45) is 9.19. The molecule has 37 heavy (non-hydrogen) atoms. The maximum Gasteiger partial charge on any atom is 0.221 e. The van der Waals surface area contributed by atoms with Crippen LogP contribution in [0.15, 0.2) is 61.3 Å². The van der Waals surface area contributed by atoms with Crippen LogP contribution in [0.1, 0.15) is 37.3 Å². The molecular formula is C28H35N7O2. The van der Waals surface area contributed by atoms with Gasteiger partial charge < -0.3 is 25.6 Å². The first-order chi connectivity index (χ1) is 18.0. The van der Waals surface area contributed by atoms with Gasteiger partial charge in [-0.2, -0.15) is 0 Å². The van der Waals surface area contributed by atoms with Crippen molar-refractivity contribution in [3.05, 3.63) is 72.4 Å². The smallest absolute Gasteiger partial charge is 0.221 e. The summed E-state index contributed by atoms with van der Waals surface area (Å²) in [5.41, 5.74) is 4.79. The van der Waals surface area contributed by atoms with E-state index in [1.54, 1.807) is 12.7 Å². The van der Waals surface area contributed by atoms with E-state index in [0.717, 1.165) is 67.8 Å². The molecule has 2 aromatic heterocycles. The molecule has 1 fully saturated rings. The second-order valence-corrected chi connectivity index (χ2v) is 10.1. The van der Waals surface area contributed by atoms with Crippen LogP contribution in [0.3, 0.4) is 0 Å². The minimum atomic E-state index is -0.665. The Kier molecular flexibility index (Phi) is 7.64. The van der Waals surface area contributed by atoms with E-state index in [0.29, 0.717) is 13.1 Å². The van der Waals surface area contributed by atoms with E-state index in [2.05, 4.69) is 55.1 Å². The zero-order valence-electron chi connectivity index (χ0n) is 21.3. The number of hydrogen-bond donors (Lipinski definition) is 4. The third-order valence-corrected chi connectivity index (χ3v) is 7.23. The quantitative estimate of drug-likeness (QED) is 0.266. The van der Waals surface area contributed by atoms with Crippen LogP contribution in [0, 0.1) is 0 Å². The number of aliphatic hydroxyl groups is 1. The van der Waals surface area contributed by atoms with Crippen molar-refractivity contribution >= 4 is 22.5 Å². The van der Waals surface area contributed by atoms with Crippen LogP contribution in [0.2, 0.25) is 0 Å². The fourth-order valence-electron chi connectivity index (χ4n) is 5.08. The largest absolute Gasteiger partial charge is 0.388 e.